The minimum absolute atomic E-state index is 0.0995. The van der Waals surface area contributed by atoms with Crippen molar-refractivity contribution in [3.05, 3.63) is 35.1 Å². The fourth-order valence-corrected chi connectivity index (χ4v) is 2.93. The smallest absolute Gasteiger partial charge is 0.126 e. The summed E-state index contributed by atoms with van der Waals surface area (Å²) in [6.07, 6.45) is 0. The van der Waals surface area contributed by atoms with Gasteiger partial charge >= 0.3 is 0 Å². The Morgan fingerprint density at radius 3 is 2.87 bits per heavy atom. The molecule has 0 aliphatic carbocycles. The van der Waals surface area contributed by atoms with Gasteiger partial charge in [0.25, 0.3) is 0 Å². The maximum Gasteiger partial charge on any atom is 0.126 e. The van der Waals surface area contributed by atoms with Gasteiger partial charge in [-0.1, -0.05) is 12.1 Å². The van der Waals surface area contributed by atoms with E-state index < -0.39 is 0 Å². The summed E-state index contributed by atoms with van der Waals surface area (Å²) in [4.78, 5) is 0. The van der Waals surface area contributed by atoms with E-state index in [0.29, 0.717) is 12.1 Å². The summed E-state index contributed by atoms with van der Waals surface area (Å²) >= 11 is 1.93. The fourth-order valence-electron chi connectivity index (χ4n) is 1.82. The molecule has 0 aromatic heterocycles. The number of aryl methyl sites for hydroxylation is 1. The third kappa shape index (κ3) is 2.52. The number of thioether (sulfide) groups is 1. The van der Waals surface area contributed by atoms with Crippen molar-refractivity contribution < 1.29 is 4.39 Å². The zero-order valence-electron chi connectivity index (χ0n) is 9.09. The van der Waals surface area contributed by atoms with E-state index in [1.165, 1.54) is 0 Å². The monoisotopic (exact) mass is 225 g/mol. The summed E-state index contributed by atoms with van der Waals surface area (Å²) in [7, 11) is 0. The molecule has 1 aliphatic heterocycles. The van der Waals surface area contributed by atoms with Crippen molar-refractivity contribution in [1.29, 1.82) is 0 Å². The van der Waals surface area contributed by atoms with E-state index in [1.54, 1.807) is 13.0 Å². The molecule has 0 spiro atoms. The van der Waals surface area contributed by atoms with E-state index in [2.05, 4.69) is 12.2 Å². The van der Waals surface area contributed by atoms with Gasteiger partial charge < -0.3 is 5.32 Å². The van der Waals surface area contributed by atoms with Crippen LogP contribution in [0.5, 0.6) is 0 Å². The lowest BCUT2D eigenvalue weighted by atomic mass is 10.1. The second-order valence-electron chi connectivity index (χ2n) is 4.17. The zero-order valence-corrected chi connectivity index (χ0v) is 9.90. The van der Waals surface area contributed by atoms with E-state index in [1.807, 2.05) is 23.9 Å². The molecule has 82 valence electrons. The highest BCUT2D eigenvalue weighted by Gasteiger charge is 2.20. The number of nitrogens with one attached hydrogen (secondary N) is 1. The van der Waals surface area contributed by atoms with Gasteiger partial charge in [-0.15, -0.1) is 0 Å². The van der Waals surface area contributed by atoms with Gasteiger partial charge in [-0.2, -0.15) is 11.8 Å². The van der Waals surface area contributed by atoms with Gasteiger partial charge in [0.2, 0.25) is 0 Å². The Balaban J connectivity index is 2.18. The highest BCUT2D eigenvalue weighted by molar-refractivity contribution is 7.99. The molecule has 2 rings (SSSR count). The lowest BCUT2D eigenvalue weighted by Gasteiger charge is -2.28. The molecule has 15 heavy (non-hydrogen) atoms. The van der Waals surface area contributed by atoms with Crippen LogP contribution in [0.1, 0.15) is 24.1 Å². The summed E-state index contributed by atoms with van der Waals surface area (Å²) in [5, 5.41) is 3.49. The largest absolute Gasteiger partial charge is 0.306 e. The molecule has 1 fully saturated rings. The minimum Gasteiger partial charge on any atom is -0.306 e. The van der Waals surface area contributed by atoms with Crippen LogP contribution in [-0.4, -0.2) is 17.5 Å². The molecule has 2 atom stereocenters. The van der Waals surface area contributed by atoms with Crippen LogP contribution < -0.4 is 5.32 Å². The van der Waals surface area contributed by atoms with Gasteiger partial charge in [-0.05, 0) is 31.0 Å². The van der Waals surface area contributed by atoms with Gasteiger partial charge in [0.15, 0.2) is 0 Å². The Hall–Kier alpha value is -0.540. The maximum absolute atomic E-state index is 13.4. The molecular weight excluding hydrogens is 209 g/mol. The standard InChI is InChI=1S/C12H16FNS/c1-8-3-4-10(5-11(8)13)12-7-15-6-9(2)14-12/h3-5,9,12,14H,6-7H2,1-2H3. The molecule has 1 heterocycles. The molecule has 1 nitrogen and oxygen atoms in total. The Labute approximate surface area is 94.5 Å². The third-order valence-electron chi connectivity index (χ3n) is 2.74. The number of rotatable bonds is 1. The molecule has 0 radical (unpaired) electrons. The van der Waals surface area contributed by atoms with Crippen LogP contribution in [0.15, 0.2) is 18.2 Å². The van der Waals surface area contributed by atoms with Crippen molar-refractivity contribution in [2.75, 3.05) is 11.5 Å². The number of hydrogen-bond acceptors (Lipinski definition) is 2. The van der Waals surface area contributed by atoms with Gasteiger partial charge in [0.1, 0.15) is 5.82 Å². The van der Waals surface area contributed by atoms with Gasteiger partial charge in [-0.3, -0.25) is 0 Å². The number of benzene rings is 1. The van der Waals surface area contributed by atoms with E-state index in [0.717, 1.165) is 22.6 Å². The normalized spacial score (nSPS) is 26.6. The van der Waals surface area contributed by atoms with Crippen LogP contribution in [0.3, 0.4) is 0 Å². The lowest BCUT2D eigenvalue weighted by Crippen LogP contribution is -2.37. The SMILES string of the molecule is Cc1ccc(C2CSCC(C)N2)cc1F. The molecule has 1 aromatic rings. The Morgan fingerprint density at radius 1 is 1.40 bits per heavy atom. The second-order valence-corrected chi connectivity index (χ2v) is 5.24. The van der Waals surface area contributed by atoms with Crippen molar-refractivity contribution >= 4 is 11.8 Å². The van der Waals surface area contributed by atoms with Crippen molar-refractivity contribution in [2.45, 2.75) is 25.9 Å². The lowest BCUT2D eigenvalue weighted by molar-refractivity contribution is 0.499. The van der Waals surface area contributed by atoms with Gasteiger partial charge in [0, 0.05) is 23.6 Å². The molecule has 0 bridgehead atoms. The molecule has 1 saturated heterocycles. The predicted octanol–water partition coefficient (Wildman–Crippen LogP) is 2.90. The Kier molecular flexibility index (Phi) is 3.32. The Morgan fingerprint density at radius 2 is 2.20 bits per heavy atom. The van der Waals surface area contributed by atoms with Crippen LogP contribution in [0, 0.1) is 12.7 Å². The third-order valence-corrected chi connectivity index (χ3v) is 4.04. The quantitative estimate of drug-likeness (QED) is 0.788. The van der Waals surface area contributed by atoms with E-state index in [4.69, 9.17) is 0 Å². The summed E-state index contributed by atoms with van der Waals surface area (Å²) in [5.41, 5.74) is 1.78. The van der Waals surface area contributed by atoms with Crippen LogP contribution in [0.4, 0.5) is 4.39 Å². The van der Waals surface area contributed by atoms with Crippen LogP contribution >= 0.6 is 11.8 Å². The highest BCUT2D eigenvalue weighted by Crippen LogP contribution is 2.25. The summed E-state index contributed by atoms with van der Waals surface area (Å²) in [6, 6.07) is 6.35. The van der Waals surface area contributed by atoms with Crippen LogP contribution in [0.2, 0.25) is 0 Å². The molecule has 2 unspecified atom stereocenters. The number of halogens is 1. The number of hydrogen-bond donors (Lipinski definition) is 1. The highest BCUT2D eigenvalue weighted by atomic mass is 32.2. The molecule has 1 aromatic carbocycles. The average Bonchev–Trinajstić information content (AvgIpc) is 2.22. The zero-order chi connectivity index (χ0) is 10.8. The van der Waals surface area contributed by atoms with Crippen LogP contribution in [0.25, 0.3) is 0 Å². The van der Waals surface area contributed by atoms with Gasteiger partial charge in [0.05, 0.1) is 0 Å². The summed E-state index contributed by atoms with van der Waals surface area (Å²) in [5.74, 6) is 2.08. The summed E-state index contributed by atoms with van der Waals surface area (Å²) in [6.45, 7) is 3.97. The molecule has 0 amide bonds. The van der Waals surface area contributed by atoms with E-state index in [-0.39, 0.29) is 5.82 Å². The van der Waals surface area contributed by atoms with Crippen molar-refractivity contribution in [3.8, 4) is 0 Å². The van der Waals surface area contributed by atoms with Crippen LogP contribution in [-0.2, 0) is 0 Å². The van der Waals surface area contributed by atoms with Crippen molar-refractivity contribution in [3.63, 3.8) is 0 Å². The first kappa shape index (κ1) is 11.0. The fraction of sp³-hybridized carbons (Fsp3) is 0.500. The van der Waals surface area contributed by atoms with E-state index >= 15 is 0 Å². The topological polar surface area (TPSA) is 12.0 Å². The summed E-state index contributed by atoms with van der Waals surface area (Å²) < 4.78 is 13.4. The maximum atomic E-state index is 13.4. The second kappa shape index (κ2) is 4.54. The first-order chi connectivity index (χ1) is 7.16. The van der Waals surface area contributed by atoms with Crippen molar-refractivity contribution in [1.82, 2.24) is 5.32 Å². The van der Waals surface area contributed by atoms with Gasteiger partial charge in [-0.25, -0.2) is 4.39 Å². The minimum atomic E-state index is -0.0995. The molecule has 1 aliphatic rings. The van der Waals surface area contributed by atoms with Crippen molar-refractivity contribution in [2.24, 2.45) is 0 Å². The van der Waals surface area contributed by atoms with E-state index in [9.17, 15) is 4.39 Å². The first-order valence-electron chi connectivity index (χ1n) is 5.26. The molecule has 1 N–H and O–H groups in total. The Bertz CT molecular complexity index is 353. The molecule has 0 saturated carbocycles. The molecule has 3 heteroatoms. The average molecular weight is 225 g/mol. The molecular formula is C12H16FNS. The first-order valence-corrected chi connectivity index (χ1v) is 6.42. The predicted molar refractivity (Wildman–Crippen MR) is 63.8 cm³/mol.